The molecule has 8 nitrogen and oxygen atoms in total. The molecule has 6 rings (SSSR count). The molecule has 0 aromatic heterocycles. The van der Waals surface area contributed by atoms with E-state index in [1.807, 2.05) is 34.1 Å². The maximum atomic E-state index is 12.9. The highest BCUT2D eigenvalue weighted by molar-refractivity contribution is 5.76. The first-order valence-electron chi connectivity index (χ1n) is 14.8. The van der Waals surface area contributed by atoms with Gasteiger partial charge in [-0.25, -0.2) is 4.79 Å². The Hall–Kier alpha value is -3.26. The lowest BCUT2D eigenvalue weighted by Crippen LogP contribution is -2.36. The predicted molar refractivity (Wildman–Crippen MR) is 152 cm³/mol. The molecule has 4 aliphatic rings. The highest BCUT2D eigenvalue weighted by Gasteiger charge is 2.39. The third kappa shape index (κ3) is 5.51. The number of amides is 2. The summed E-state index contributed by atoms with van der Waals surface area (Å²) in [5.74, 6) is 4.10. The average Bonchev–Trinajstić information content (AvgIpc) is 3.50. The van der Waals surface area contributed by atoms with Gasteiger partial charge in [-0.2, -0.15) is 0 Å². The number of carbonyl (C=O) groups excluding carboxylic acids is 2. The number of nitrogens with zero attached hydrogens (tertiary/aromatic N) is 2. The Morgan fingerprint density at radius 1 is 0.900 bits per heavy atom. The van der Waals surface area contributed by atoms with Crippen LogP contribution in [0.1, 0.15) is 53.9 Å². The third-order valence-corrected chi connectivity index (χ3v) is 9.48. The van der Waals surface area contributed by atoms with Crippen molar-refractivity contribution in [3.8, 4) is 17.2 Å². The molecule has 2 aliphatic carbocycles. The van der Waals surface area contributed by atoms with E-state index >= 15 is 0 Å². The Morgan fingerprint density at radius 2 is 1.57 bits per heavy atom. The van der Waals surface area contributed by atoms with Crippen LogP contribution in [0.4, 0.5) is 4.79 Å². The summed E-state index contributed by atoms with van der Waals surface area (Å²) < 4.78 is 16.6. The highest BCUT2D eigenvalue weighted by atomic mass is 16.6. The fraction of sp³-hybridized carbons (Fsp3) is 0.562. The van der Waals surface area contributed by atoms with Crippen LogP contribution in [0.3, 0.4) is 0 Å². The first-order chi connectivity index (χ1) is 19.5. The van der Waals surface area contributed by atoms with Crippen LogP contribution in [0.15, 0.2) is 30.3 Å². The van der Waals surface area contributed by atoms with E-state index < -0.39 is 0 Å². The van der Waals surface area contributed by atoms with Gasteiger partial charge in [0, 0.05) is 51.6 Å². The molecule has 3 atom stereocenters. The van der Waals surface area contributed by atoms with Crippen molar-refractivity contribution in [1.29, 1.82) is 0 Å². The minimum absolute atomic E-state index is 0.196. The second-order valence-electron chi connectivity index (χ2n) is 11.8. The van der Waals surface area contributed by atoms with Crippen molar-refractivity contribution in [1.82, 2.24) is 15.1 Å². The molecule has 214 valence electrons. The molecule has 2 fully saturated rings. The summed E-state index contributed by atoms with van der Waals surface area (Å²) in [6.07, 6.45) is 6.70. The monoisotopic (exact) mass is 547 g/mol. The first-order valence-corrected chi connectivity index (χ1v) is 14.8. The number of benzene rings is 2. The minimum Gasteiger partial charge on any atom is -0.493 e. The first kappa shape index (κ1) is 26.9. The number of hydrogen-bond donors (Lipinski definition) is 1. The number of methoxy groups -OCH3 is 2. The van der Waals surface area contributed by atoms with Crippen molar-refractivity contribution in [2.45, 2.75) is 50.9 Å². The van der Waals surface area contributed by atoms with Gasteiger partial charge in [0.15, 0.2) is 11.5 Å². The van der Waals surface area contributed by atoms with E-state index in [1.54, 1.807) is 14.2 Å². The number of fused-ring (bicyclic) bond motifs is 3. The van der Waals surface area contributed by atoms with Crippen molar-refractivity contribution in [2.75, 3.05) is 53.5 Å². The van der Waals surface area contributed by atoms with E-state index in [-0.39, 0.29) is 12.0 Å². The third-order valence-electron chi connectivity index (χ3n) is 9.48. The summed E-state index contributed by atoms with van der Waals surface area (Å²) in [6.45, 7) is 4.66. The van der Waals surface area contributed by atoms with Gasteiger partial charge in [0.2, 0.25) is 5.91 Å². The van der Waals surface area contributed by atoms with Crippen LogP contribution in [0, 0.1) is 11.8 Å². The normalized spacial score (nSPS) is 23.0. The Morgan fingerprint density at radius 3 is 2.20 bits per heavy atom. The number of likely N-dealkylation sites (tertiary alicyclic amines) is 1. The molecule has 0 spiro atoms. The van der Waals surface area contributed by atoms with Crippen LogP contribution >= 0.6 is 0 Å². The summed E-state index contributed by atoms with van der Waals surface area (Å²) in [4.78, 5) is 29.5. The Bertz CT molecular complexity index is 1220. The number of rotatable bonds is 8. The maximum absolute atomic E-state index is 12.9. The standard InChI is InChI=1S/C32H41N3O5/c1-38-29-16-21-9-12-34(13-10-22(21)17-30(29)39-2)31(36)8-11-33-18-26-14-25-15-27(6-7-28(25)26)40-32(37)35-19-23-4-3-5-24(23)20-35/h6-7,15-17,23-24,26,33H,3-5,8-14,18-20H2,1-2H3. The summed E-state index contributed by atoms with van der Waals surface area (Å²) in [7, 11) is 3.30. The van der Waals surface area contributed by atoms with E-state index in [0.717, 1.165) is 63.5 Å². The molecule has 1 saturated carbocycles. The summed E-state index contributed by atoms with van der Waals surface area (Å²) in [6, 6.07) is 10.1. The fourth-order valence-corrected chi connectivity index (χ4v) is 7.13. The molecule has 2 aromatic rings. The summed E-state index contributed by atoms with van der Waals surface area (Å²) >= 11 is 0. The molecule has 2 aromatic carbocycles. The van der Waals surface area contributed by atoms with Crippen molar-refractivity contribution < 1.29 is 23.8 Å². The Kier molecular flexibility index (Phi) is 7.87. The molecule has 1 saturated heterocycles. The van der Waals surface area contributed by atoms with Crippen LogP contribution in [0.2, 0.25) is 0 Å². The number of carbonyl (C=O) groups is 2. The number of nitrogens with one attached hydrogen (secondary N) is 1. The Labute approximate surface area is 236 Å². The zero-order chi connectivity index (χ0) is 27.6. The smallest absolute Gasteiger partial charge is 0.415 e. The molecule has 1 N–H and O–H groups in total. The van der Waals surface area contributed by atoms with Crippen LogP contribution in [-0.4, -0.2) is 75.3 Å². The lowest BCUT2D eigenvalue weighted by molar-refractivity contribution is -0.131. The largest absolute Gasteiger partial charge is 0.493 e. The minimum atomic E-state index is -0.204. The molecule has 40 heavy (non-hydrogen) atoms. The predicted octanol–water partition coefficient (Wildman–Crippen LogP) is 4.18. The van der Waals surface area contributed by atoms with Gasteiger partial charge < -0.3 is 29.3 Å². The second-order valence-corrected chi connectivity index (χ2v) is 11.8. The van der Waals surface area contributed by atoms with Gasteiger partial charge >= 0.3 is 6.09 Å². The van der Waals surface area contributed by atoms with Gasteiger partial charge in [0.25, 0.3) is 0 Å². The van der Waals surface area contributed by atoms with E-state index in [2.05, 4.69) is 11.4 Å². The average molecular weight is 548 g/mol. The quantitative estimate of drug-likeness (QED) is 0.500. The van der Waals surface area contributed by atoms with E-state index in [1.165, 1.54) is 41.5 Å². The van der Waals surface area contributed by atoms with Gasteiger partial charge in [-0.3, -0.25) is 4.79 Å². The summed E-state index contributed by atoms with van der Waals surface area (Å²) in [5, 5.41) is 3.49. The van der Waals surface area contributed by atoms with Gasteiger partial charge in [0.05, 0.1) is 14.2 Å². The van der Waals surface area contributed by atoms with Crippen LogP contribution in [0.25, 0.3) is 0 Å². The number of hydrogen-bond acceptors (Lipinski definition) is 6. The molecule has 8 heteroatoms. The lowest BCUT2D eigenvalue weighted by atomic mass is 9.77. The highest BCUT2D eigenvalue weighted by Crippen LogP contribution is 2.39. The number of ether oxygens (including phenoxy) is 3. The van der Waals surface area contributed by atoms with E-state index in [4.69, 9.17) is 14.2 Å². The maximum Gasteiger partial charge on any atom is 0.415 e. The SMILES string of the molecule is COc1cc2c(cc1OC)CCN(C(=O)CCNCC1Cc3cc(OC(=O)N4CC5CCCC5C4)ccc31)CC2. The van der Waals surface area contributed by atoms with E-state index in [9.17, 15) is 9.59 Å². The molecule has 2 aliphatic heterocycles. The fourth-order valence-electron chi connectivity index (χ4n) is 7.13. The van der Waals surface area contributed by atoms with Crippen molar-refractivity contribution in [3.63, 3.8) is 0 Å². The molecule has 3 unspecified atom stereocenters. The molecular weight excluding hydrogens is 506 g/mol. The van der Waals surface area contributed by atoms with Gasteiger partial charge in [-0.15, -0.1) is 0 Å². The topological polar surface area (TPSA) is 80.3 Å². The molecule has 2 amide bonds. The zero-order valence-corrected chi connectivity index (χ0v) is 23.7. The zero-order valence-electron chi connectivity index (χ0n) is 23.7. The van der Waals surface area contributed by atoms with Crippen LogP contribution in [0.5, 0.6) is 17.2 Å². The second kappa shape index (κ2) is 11.7. The van der Waals surface area contributed by atoms with Gasteiger partial charge in [-0.05, 0) is 90.5 Å². The van der Waals surface area contributed by atoms with Gasteiger partial charge in [0.1, 0.15) is 5.75 Å². The molecular formula is C32H41N3O5. The molecule has 0 bridgehead atoms. The summed E-state index contributed by atoms with van der Waals surface area (Å²) in [5.41, 5.74) is 5.02. The van der Waals surface area contributed by atoms with Crippen LogP contribution in [-0.2, 0) is 24.1 Å². The van der Waals surface area contributed by atoms with E-state index in [0.29, 0.717) is 36.5 Å². The molecule has 0 radical (unpaired) electrons. The lowest BCUT2D eigenvalue weighted by Gasteiger charge is -2.31. The van der Waals surface area contributed by atoms with Gasteiger partial charge in [-0.1, -0.05) is 12.5 Å². The van der Waals surface area contributed by atoms with Crippen LogP contribution < -0.4 is 19.5 Å². The van der Waals surface area contributed by atoms with Crippen molar-refractivity contribution >= 4 is 12.0 Å². The van der Waals surface area contributed by atoms with Crippen molar-refractivity contribution in [3.05, 3.63) is 52.6 Å². The Balaban J connectivity index is 0.923. The molecule has 2 heterocycles. The van der Waals surface area contributed by atoms with Crippen molar-refractivity contribution in [2.24, 2.45) is 11.8 Å².